The van der Waals surface area contributed by atoms with E-state index in [9.17, 15) is 0 Å². The number of hydrogen-bond donors (Lipinski definition) is 1. The van der Waals surface area contributed by atoms with Crippen molar-refractivity contribution in [2.24, 2.45) is 0 Å². The first-order chi connectivity index (χ1) is 6.74. The largest absolute Gasteiger partial charge is 0.317 e. The molecule has 1 heterocycles. The van der Waals surface area contributed by atoms with Gasteiger partial charge in [0, 0.05) is 9.75 Å². The van der Waals surface area contributed by atoms with Crippen molar-refractivity contribution in [3.63, 3.8) is 0 Å². The highest BCUT2D eigenvalue weighted by Gasteiger charge is 1.97. The van der Waals surface area contributed by atoms with E-state index in [2.05, 4.69) is 44.3 Å². The summed E-state index contributed by atoms with van der Waals surface area (Å²) in [5.74, 6) is 0. The van der Waals surface area contributed by atoms with Crippen LogP contribution >= 0.6 is 11.3 Å². The summed E-state index contributed by atoms with van der Waals surface area (Å²) in [4.78, 5) is 2.79. The molecule has 0 atom stereocenters. The predicted octanol–water partition coefficient (Wildman–Crippen LogP) is 3.46. The second-order valence-corrected chi connectivity index (χ2v) is 4.73. The van der Waals surface area contributed by atoms with E-state index in [1.54, 1.807) is 0 Å². The lowest BCUT2D eigenvalue weighted by Gasteiger charge is -1.99. The summed E-state index contributed by atoms with van der Waals surface area (Å²) in [7, 11) is 0. The first-order valence-electron chi connectivity index (χ1n) is 5.18. The molecular weight excluding hydrogens is 190 g/mol. The van der Waals surface area contributed by atoms with Crippen molar-refractivity contribution in [3.05, 3.63) is 28.0 Å². The second kappa shape index (κ2) is 5.99. The quantitative estimate of drug-likeness (QED) is 0.732. The predicted molar refractivity (Wildman–Crippen MR) is 65.9 cm³/mol. The van der Waals surface area contributed by atoms with Crippen molar-refractivity contribution in [1.29, 1.82) is 0 Å². The second-order valence-electron chi connectivity index (χ2n) is 3.44. The summed E-state index contributed by atoms with van der Waals surface area (Å²) in [5, 5.41) is 3.32. The Morgan fingerprint density at radius 2 is 2.29 bits per heavy atom. The highest BCUT2D eigenvalue weighted by molar-refractivity contribution is 7.13. The van der Waals surface area contributed by atoms with Crippen LogP contribution in [0.1, 0.15) is 30.0 Å². The van der Waals surface area contributed by atoms with Gasteiger partial charge in [0.2, 0.25) is 0 Å². The Hall–Kier alpha value is -0.600. The molecule has 2 heteroatoms. The Bertz CT molecular complexity index is 299. The van der Waals surface area contributed by atoms with Gasteiger partial charge in [0.15, 0.2) is 0 Å². The Morgan fingerprint density at radius 3 is 2.86 bits per heavy atom. The number of rotatable bonds is 5. The fourth-order valence-corrected chi connectivity index (χ4v) is 2.18. The van der Waals surface area contributed by atoms with Gasteiger partial charge in [-0.05, 0) is 51.1 Å². The minimum absolute atomic E-state index is 1.06. The van der Waals surface area contributed by atoms with Crippen LogP contribution in [0.3, 0.4) is 0 Å². The van der Waals surface area contributed by atoms with Gasteiger partial charge in [-0.15, -0.1) is 11.3 Å². The molecular formula is C12H19NS. The van der Waals surface area contributed by atoms with Gasteiger partial charge in [-0.1, -0.05) is 13.0 Å². The lowest BCUT2D eigenvalue weighted by molar-refractivity contribution is 0.727. The maximum Gasteiger partial charge on any atom is 0.0299 e. The standard InChI is InChI=1S/C12H19NS/c1-4-13-9-5-6-10(2)12-8-7-11(3)14-12/h6-8,13H,4-5,9H2,1-3H3. The van der Waals surface area contributed by atoms with E-state index in [-0.39, 0.29) is 0 Å². The normalized spacial score (nSPS) is 12.1. The van der Waals surface area contributed by atoms with Crippen LogP contribution in [0.15, 0.2) is 18.2 Å². The van der Waals surface area contributed by atoms with E-state index >= 15 is 0 Å². The monoisotopic (exact) mass is 209 g/mol. The van der Waals surface area contributed by atoms with Crippen LogP contribution in [0, 0.1) is 6.92 Å². The van der Waals surface area contributed by atoms with Gasteiger partial charge in [-0.3, -0.25) is 0 Å². The van der Waals surface area contributed by atoms with E-state index < -0.39 is 0 Å². The third-order valence-corrected chi connectivity index (χ3v) is 3.29. The van der Waals surface area contributed by atoms with Crippen molar-refractivity contribution in [2.45, 2.75) is 27.2 Å². The molecule has 0 saturated carbocycles. The zero-order valence-corrected chi connectivity index (χ0v) is 10.1. The number of nitrogens with one attached hydrogen (secondary N) is 1. The molecule has 1 nitrogen and oxygen atoms in total. The molecule has 0 unspecified atom stereocenters. The minimum atomic E-state index is 1.06. The molecule has 0 aromatic carbocycles. The lowest BCUT2D eigenvalue weighted by atomic mass is 10.2. The third kappa shape index (κ3) is 3.64. The molecule has 0 radical (unpaired) electrons. The van der Waals surface area contributed by atoms with E-state index in [0.717, 1.165) is 19.5 Å². The SMILES string of the molecule is CCNCCC=C(C)c1ccc(C)s1. The van der Waals surface area contributed by atoms with E-state index in [1.165, 1.54) is 15.3 Å². The van der Waals surface area contributed by atoms with Gasteiger partial charge in [-0.2, -0.15) is 0 Å². The Kier molecular flexibility index (Phi) is 4.91. The molecule has 14 heavy (non-hydrogen) atoms. The number of allylic oxidation sites excluding steroid dienone is 1. The molecule has 0 aliphatic carbocycles. The zero-order chi connectivity index (χ0) is 10.4. The van der Waals surface area contributed by atoms with Gasteiger partial charge in [0.05, 0.1) is 0 Å². The average molecular weight is 209 g/mol. The molecule has 1 aromatic rings. The van der Waals surface area contributed by atoms with Gasteiger partial charge in [0.25, 0.3) is 0 Å². The number of thiophene rings is 1. The van der Waals surface area contributed by atoms with Gasteiger partial charge < -0.3 is 5.32 Å². The molecule has 0 saturated heterocycles. The fraction of sp³-hybridized carbons (Fsp3) is 0.500. The van der Waals surface area contributed by atoms with Crippen LogP contribution in [0.25, 0.3) is 5.57 Å². The summed E-state index contributed by atoms with van der Waals surface area (Å²) in [6, 6.07) is 4.39. The third-order valence-electron chi connectivity index (χ3n) is 2.15. The average Bonchev–Trinajstić information content (AvgIpc) is 2.59. The van der Waals surface area contributed by atoms with Crippen molar-refractivity contribution in [2.75, 3.05) is 13.1 Å². The topological polar surface area (TPSA) is 12.0 Å². The summed E-state index contributed by atoms with van der Waals surface area (Å²) in [5.41, 5.74) is 1.40. The van der Waals surface area contributed by atoms with E-state index in [0.29, 0.717) is 0 Å². The van der Waals surface area contributed by atoms with Crippen molar-refractivity contribution in [3.8, 4) is 0 Å². The van der Waals surface area contributed by atoms with Crippen LogP contribution in [-0.2, 0) is 0 Å². The summed E-state index contributed by atoms with van der Waals surface area (Å²) < 4.78 is 0. The Balaban J connectivity index is 2.44. The van der Waals surface area contributed by atoms with Gasteiger partial charge in [0.1, 0.15) is 0 Å². The first-order valence-corrected chi connectivity index (χ1v) is 6.00. The smallest absolute Gasteiger partial charge is 0.0299 e. The van der Waals surface area contributed by atoms with Crippen molar-refractivity contribution < 1.29 is 0 Å². The molecule has 0 spiro atoms. The summed E-state index contributed by atoms with van der Waals surface area (Å²) in [6.45, 7) is 8.62. The Labute approximate surface area is 90.9 Å². The zero-order valence-electron chi connectivity index (χ0n) is 9.26. The molecule has 0 fully saturated rings. The van der Waals surface area contributed by atoms with Gasteiger partial charge >= 0.3 is 0 Å². The maximum atomic E-state index is 3.32. The lowest BCUT2D eigenvalue weighted by Crippen LogP contribution is -2.12. The highest BCUT2D eigenvalue weighted by Crippen LogP contribution is 2.23. The molecule has 0 amide bonds. The number of aryl methyl sites for hydroxylation is 1. The van der Waals surface area contributed by atoms with Gasteiger partial charge in [-0.25, -0.2) is 0 Å². The van der Waals surface area contributed by atoms with Crippen LogP contribution < -0.4 is 5.32 Å². The fourth-order valence-electron chi connectivity index (χ4n) is 1.31. The van der Waals surface area contributed by atoms with Crippen molar-refractivity contribution in [1.82, 2.24) is 5.32 Å². The van der Waals surface area contributed by atoms with Crippen LogP contribution in [0.5, 0.6) is 0 Å². The molecule has 1 aromatic heterocycles. The maximum absolute atomic E-state index is 3.32. The van der Waals surface area contributed by atoms with Crippen LogP contribution in [0.2, 0.25) is 0 Å². The van der Waals surface area contributed by atoms with Crippen LogP contribution in [0.4, 0.5) is 0 Å². The first kappa shape index (κ1) is 11.5. The molecule has 1 rings (SSSR count). The minimum Gasteiger partial charge on any atom is -0.317 e. The van der Waals surface area contributed by atoms with Crippen molar-refractivity contribution >= 4 is 16.9 Å². The molecule has 0 aliphatic heterocycles. The molecule has 0 bridgehead atoms. The van der Waals surface area contributed by atoms with Crippen LogP contribution in [-0.4, -0.2) is 13.1 Å². The van der Waals surface area contributed by atoms with E-state index in [4.69, 9.17) is 0 Å². The van der Waals surface area contributed by atoms with E-state index in [1.807, 2.05) is 11.3 Å². The highest BCUT2D eigenvalue weighted by atomic mass is 32.1. The molecule has 0 aliphatic rings. The number of hydrogen-bond acceptors (Lipinski definition) is 2. The molecule has 1 N–H and O–H groups in total. The summed E-state index contributed by atoms with van der Waals surface area (Å²) >= 11 is 1.87. The Morgan fingerprint density at radius 1 is 1.50 bits per heavy atom. The molecule has 78 valence electrons. The summed E-state index contributed by atoms with van der Waals surface area (Å²) in [6.07, 6.45) is 3.44.